The summed E-state index contributed by atoms with van der Waals surface area (Å²) in [5.41, 5.74) is 1.88. The van der Waals surface area contributed by atoms with E-state index in [1.807, 2.05) is 38.1 Å². The summed E-state index contributed by atoms with van der Waals surface area (Å²) in [4.78, 5) is 14.3. The first-order valence-electron chi connectivity index (χ1n) is 7.95. The third kappa shape index (κ3) is 2.59. The Morgan fingerprint density at radius 1 is 1.13 bits per heavy atom. The molecule has 1 spiro atoms. The second-order valence-corrected chi connectivity index (χ2v) is 7.54. The Bertz CT molecular complexity index is 755. The number of carbonyl (C=O) groups is 1. The van der Waals surface area contributed by atoms with Gasteiger partial charge in [0.25, 0.3) is 11.7 Å². The topological polar surface area (TPSA) is 47.6 Å². The summed E-state index contributed by atoms with van der Waals surface area (Å²) in [5.74, 6) is 0.948. The van der Waals surface area contributed by atoms with Gasteiger partial charge in [0.15, 0.2) is 11.5 Å². The summed E-state index contributed by atoms with van der Waals surface area (Å²) in [7, 11) is 0. The largest absolute Gasteiger partial charge is 0.448 e. The van der Waals surface area contributed by atoms with E-state index in [9.17, 15) is 4.79 Å². The molecule has 1 aliphatic heterocycles. The van der Waals surface area contributed by atoms with Crippen molar-refractivity contribution >= 4 is 22.9 Å². The van der Waals surface area contributed by atoms with Crippen molar-refractivity contribution in [3.05, 3.63) is 39.6 Å². The summed E-state index contributed by atoms with van der Waals surface area (Å²) in [6.07, 6.45) is 4.12. The number of ether oxygens (including phenoxy) is 2. The van der Waals surface area contributed by atoms with Crippen LogP contribution in [-0.4, -0.2) is 11.7 Å². The smallest absolute Gasteiger partial charge is 0.265 e. The minimum atomic E-state index is -0.465. The highest BCUT2D eigenvalue weighted by atomic mass is 32.1. The summed E-state index contributed by atoms with van der Waals surface area (Å²) in [6, 6.07) is 7.52. The molecule has 0 bridgehead atoms. The quantitative estimate of drug-likeness (QED) is 0.872. The minimum absolute atomic E-state index is 0.0827. The van der Waals surface area contributed by atoms with Crippen LogP contribution in [0.2, 0.25) is 0 Å². The molecular formula is C18H19NO3S. The number of carbonyl (C=O) groups excluding carboxylic acids is 1. The minimum Gasteiger partial charge on any atom is -0.448 e. The monoisotopic (exact) mass is 329 g/mol. The number of hydrogen-bond donors (Lipinski definition) is 1. The van der Waals surface area contributed by atoms with Crippen LogP contribution in [0.1, 0.15) is 45.8 Å². The summed E-state index contributed by atoms with van der Waals surface area (Å²) >= 11 is 1.51. The van der Waals surface area contributed by atoms with Crippen molar-refractivity contribution in [1.82, 2.24) is 0 Å². The van der Waals surface area contributed by atoms with Crippen LogP contribution in [0.4, 0.5) is 5.69 Å². The molecule has 4 rings (SSSR count). The van der Waals surface area contributed by atoms with Crippen LogP contribution >= 0.6 is 11.3 Å². The van der Waals surface area contributed by atoms with Gasteiger partial charge in [0.05, 0.1) is 4.88 Å². The molecule has 2 aliphatic rings. The Morgan fingerprint density at radius 3 is 2.57 bits per heavy atom. The van der Waals surface area contributed by atoms with E-state index >= 15 is 0 Å². The first-order valence-corrected chi connectivity index (χ1v) is 8.77. The van der Waals surface area contributed by atoms with E-state index in [0.717, 1.165) is 53.3 Å². The van der Waals surface area contributed by atoms with Crippen LogP contribution in [-0.2, 0) is 0 Å². The normalized spacial score (nSPS) is 17.7. The first kappa shape index (κ1) is 14.6. The van der Waals surface area contributed by atoms with E-state index < -0.39 is 5.79 Å². The average molecular weight is 329 g/mol. The molecule has 0 saturated heterocycles. The van der Waals surface area contributed by atoms with Crippen LogP contribution in [0.25, 0.3) is 0 Å². The summed E-state index contributed by atoms with van der Waals surface area (Å²) < 4.78 is 12.0. The van der Waals surface area contributed by atoms with Crippen molar-refractivity contribution in [2.24, 2.45) is 0 Å². The van der Waals surface area contributed by atoms with E-state index in [2.05, 4.69) is 5.32 Å². The lowest BCUT2D eigenvalue weighted by Gasteiger charge is -2.21. The molecule has 0 radical (unpaired) electrons. The Kier molecular flexibility index (Phi) is 3.34. The van der Waals surface area contributed by atoms with Gasteiger partial charge >= 0.3 is 0 Å². The van der Waals surface area contributed by atoms with E-state index in [-0.39, 0.29) is 5.91 Å². The highest BCUT2D eigenvalue weighted by Gasteiger charge is 2.44. The number of hydrogen-bond acceptors (Lipinski definition) is 4. The molecular weight excluding hydrogens is 310 g/mol. The molecule has 0 atom stereocenters. The van der Waals surface area contributed by atoms with Crippen LogP contribution < -0.4 is 14.8 Å². The number of aryl methyl sites for hydroxylation is 2. The predicted octanol–water partition coefficient (Wildman–Crippen LogP) is 4.66. The fourth-order valence-electron chi connectivity index (χ4n) is 3.17. The van der Waals surface area contributed by atoms with Gasteiger partial charge < -0.3 is 14.8 Å². The van der Waals surface area contributed by atoms with Gasteiger partial charge in [-0.3, -0.25) is 4.79 Å². The van der Waals surface area contributed by atoms with Gasteiger partial charge in [0, 0.05) is 29.5 Å². The standard InChI is InChI=1S/C18H19NO3S/c1-11-9-16(23-12(11)2)17(20)19-13-5-6-14-15(10-13)22-18(21-14)7-3-4-8-18/h5-6,9-10H,3-4,7-8H2,1-2H3,(H,19,20). The molecule has 23 heavy (non-hydrogen) atoms. The number of benzene rings is 1. The van der Waals surface area contributed by atoms with Crippen molar-refractivity contribution in [3.8, 4) is 11.5 Å². The van der Waals surface area contributed by atoms with Crippen molar-refractivity contribution < 1.29 is 14.3 Å². The molecule has 1 aromatic heterocycles. The zero-order chi connectivity index (χ0) is 16.0. The third-order valence-electron chi connectivity index (χ3n) is 4.55. The van der Waals surface area contributed by atoms with Crippen molar-refractivity contribution in [1.29, 1.82) is 0 Å². The zero-order valence-corrected chi connectivity index (χ0v) is 14.1. The lowest BCUT2D eigenvalue weighted by molar-refractivity contribution is -0.0716. The Morgan fingerprint density at radius 2 is 1.87 bits per heavy atom. The maximum Gasteiger partial charge on any atom is 0.265 e. The number of rotatable bonds is 2. The van der Waals surface area contributed by atoms with Crippen molar-refractivity contribution in [2.75, 3.05) is 5.32 Å². The number of thiophene rings is 1. The van der Waals surface area contributed by atoms with Gasteiger partial charge in [-0.05, 0) is 50.5 Å². The molecule has 1 fully saturated rings. The van der Waals surface area contributed by atoms with Crippen LogP contribution in [0.5, 0.6) is 11.5 Å². The van der Waals surface area contributed by atoms with E-state index in [4.69, 9.17) is 9.47 Å². The molecule has 2 aromatic rings. The van der Waals surface area contributed by atoms with Gasteiger partial charge in [-0.2, -0.15) is 0 Å². The molecule has 1 saturated carbocycles. The highest BCUT2D eigenvalue weighted by molar-refractivity contribution is 7.14. The Balaban J connectivity index is 1.52. The molecule has 1 N–H and O–H groups in total. The molecule has 1 aliphatic carbocycles. The van der Waals surface area contributed by atoms with Crippen molar-refractivity contribution in [2.45, 2.75) is 45.3 Å². The number of anilines is 1. The number of fused-ring (bicyclic) bond motifs is 1. The molecule has 0 unspecified atom stereocenters. The SMILES string of the molecule is Cc1cc(C(=O)Nc2ccc3c(c2)OC2(CCCC2)O3)sc1C. The van der Waals surface area contributed by atoms with E-state index in [1.165, 1.54) is 16.2 Å². The van der Waals surface area contributed by atoms with Gasteiger partial charge in [-0.15, -0.1) is 11.3 Å². The maximum absolute atomic E-state index is 12.4. The molecule has 5 heteroatoms. The number of nitrogens with one attached hydrogen (secondary N) is 1. The second kappa shape index (κ2) is 5.27. The fourth-order valence-corrected chi connectivity index (χ4v) is 4.10. The molecule has 2 heterocycles. The average Bonchev–Trinajstić information content (AvgIpc) is 3.20. The number of amides is 1. The van der Waals surface area contributed by atoms with Gasteiger partial charge in [-0.25, -0.2) is 0 Å². The summed E-state index contributed by atoms with van der Waals surface area (Å²) in [5, 5.41) is 2.94. The maximum atomic E-state index is 12.4. The van der Waals surface area contributed by atoms with E-state index in [1.54, 1.807) is 0 Å². The van der Waals surface area contributed by atoms with Crippen LogP contribution in [0, 0.1) is 13.8 Å². The lowest BCUT2D eigenvalue weighted by atomic mass is 10.2. The molecule has 1 amide bonds. The Labute approximate surface area is 139 Å². The van der Waals surface area contributed by atoms with Crippen LogP contribution in [0.3, 0.4) is 0 Å². The van der Waals surface area contributed by atoms with Gasteiger partial charge in [0.2, 0.25) is 0 Å². The van der Waals surface area contributed by atoms with Gasteiger partial charge in [-0.1, -0.05) is 0 Å². The zero-order valence-electron chi connectivity index (χ0n) is 13.3. The van der Waals surface area contributed by atoms with Gasteiger partial charge in [0.1, 0.15) is 0 Å². The summed E-state index contributed by atoms with van der Waals surface area (Å²) in [6.45, 7) is 4.04. The third-order valence-corrected chi connectivity index (χ3v) is 5.70. The molecule has 120 valence electrons. The second-order valence-electron chi connectivity index (χ2n) is 6.29. The lowest BCUT2D eigenvalue weighted by Crippen LogP contribution is -2.34. The first-order chi connectivity index (χ1) is 11.0. The van der Waals surface area contributed by atoms with Crippen LogP contribution in [0.15, 0.2) is 24.3 Å². The Hall–Kier alpha value is -2.01. The van der Waals surface area contributed by atoms with Crippen molar-refractivity contribution in [3.63, 3.8) is 0 Å². The van der Waals surface area contributed by atoms with E-state index in [0.29, 0.717) is 0 Å². The fraction of sp³-hybridized carbons (Fsp3) is 0.389. The molecule has 1 aromatic carbocycles. The molecule has 4 nitrogen and oxygen atoms in total. The predicted molar refractivity (Wildman–Crippen MR) is 90.6 cm³/mol. The highest BCUT2D eigenvalue weighted by Crippen LogP contribution is 2.47.